The van der Waals surface area contributed by atoms with Crippen LogP contribution in [0.2, 0.25) is 0 Å². The number of nitrogens with zero attached hydrogens (tertiary/aromatic N) is 1. The Morgan fingerprint density at radius 2 is 1.67 bits per heavy atom. The summed E-state index contributed by atoms with van der Waals surface area (Å²) < 4.78 is 11.5. The Labute approximate surface area is 133 Å². The summed E-state index contributed by atoms with van der Waals surface area (Å²) in [6.07, 6.45) is 5.71. The first kappa shape index (κ1) is 15.9. The Morgan fingerprint density at radius 3 is 2.14 bits per heavy atom. The topological polar surface area (TPSA) is 38.8 Å². The molecule has 0 bridgehead atoms. The van der Waals surface area contributed by atoms with Crippen LogP contribution in [-0.4, -0.2) is 32.6 Å². The maximum absolute atomic E-state index is 12.7. The number of thioether (sulfide) groups is 2. The van der Waals surface area contributed by atoms with Crippen LogP contribution in [0, 0.1) is 0 Å². The first-order chi connectivity index (χ1) is 10.2. The smallest absolute Gasteiger partial charge is 0.267 e. The second kappa shape index (κ2) is 6.95. The van der Waals surface area contributed by atoms with Crippen molar-refractivity contribution in [2.24, 2.45) is 0 Å². The number of hydrogen-bond acceptors (Lipinski definition) is 5. The normalized spacial score (nSPS) is 14.3. The van der Waals surface area contributed by atoms with E-state index in [2.05, 4.69) is 0 Å². The molecule has 6 heteroatoms. The fraction of sp³-hybridized carbons (Fsp3) is 0.267. The molecule has 0 N–H and O–H groups in total. The predicted molar refractivity (Wildman–Crippen MR) is 89.6 cm³/mol. The molecule has 0 radical (unpaired) electrons. The van der Waals surface area contributed by atoms with E-state index in [9.17, 15) is 4.79 Å². The largest absolute Gasteiger partial charge is 0.497 e. The number of rotatable bonds is 5. The minimum atomic E-state index is -0.0734. The molecule has 1 amide bonds. The highest BCUT2D eigenvalue weighted by Gasteiger charge is 2.32. The third kappa shape index (κ3) is 3.06. The molecule has 0 saturated carbocycles. The van der Waals surface area contributed by atoms with Gasteiger partial charge in [-0.2, -0.15) is 0 Å². The summed E-state index contributed by atoms with van der Waals surface area (Å²) in [6, 6.07) is 7.32. The predicted octanol–water partition coefficient (Wildman–Crippen LogP) is 3.47. The van der Waals surface area contributed by atoms with Crippen molar-refractivity contribution in [2.75, 3.05) is 31.6 Å². The van der Waals surface area contributed by atoms with E-state index in [1.54, 1.807) is 48.7 Å². The molecule has 0 saturated heterocycles. The molecule has 1 aliphatic heterocycles. The lowest BCUT2D eigenvalue weighted by atomic mass is 10.2. The molecule has 0 fully saturated rings. The van der Waals surface area contributed by atoms with E-state index < -0.39 is 0 Å². The van der Waals surface area contributed by atoms with Gasteiger partial charge in [0, 0.05) is 6.08 Å². The van der Waals surface area contributed by atoms with Gasteiger partial charge in [-0.3, -0.25) is 4.79 Å². The Balaban J connectivity index is 2.42. The number of carbonyl (C=O) groups excluding carboxylic acids is 1. The van der Waals surface area contributed by atoms with E-state index in [0.29, 0.717) is 11.5 Å². The van der Waals surface area contributed by atoms with Crippen molar-refractivity contribution < 1.29 is 14.3 Å². The Kier molecular flexibility index (Phi) is 5.25. The SMILES string of the molecule is COC1=CC(=C(SC)SC)C(=O)N1c1ccc(OC)cc1. The molecule has 1 aromatic carbocycles. The summed E-state index contributed by atoms with van der Waals surface area (Å²) in [5.41, 5.74) is 1.42. The van der Waals surface area contributed by atoms with E-state index in [-0.39, 0.29) is 5.91 Å². The van der Waals surface area contributed by atoms with E-state index in [1.165, 1.54) is 0 Å². The highest BCUT2D eigenvalue weighted by atomic mass is 32.2. The van der Waals surface area contributed by atoms with Crippen molar-refractivity contribution in [2.45, 2.75) is 0 Å². The van der Waals surface area contributed by atoms with Gasteiger partial charge in [-0.1, -0.05) is 0 Å². The Hall–Kier alpha value is -1.53. The molecule has 1 heterocycles. The number of benzene rings is 1. The molecule has 1 aromatic rings. The van der Waals surface area contributed by atoms with Gasteiger partial charge in [0.25, 0.3) is 5.91 Å². The quantitative estimate of drug-likeness (QED) is 0.776. The molecular formula is C15H17NO3S2. The van der Waals surface area contributed by atoms with Gasteiger partial charge in [0.05, 0.1) is 29.7 Å². The Bertz CT molecular complexity index is 587. The summed E-state index contributed by atoms with van der Waals surface area (Å²) in [5, 5.41) is 0. The van der Waals surface area contributed by atoms with Crippen LogP contribution >= 0.6 is 23.5 Å². The lowest BCUT2D eigenvalue weighted by Crippen LogP contribution is -2.26. The lowest BCUT2D eigenvalue weighted by Gasteiger charge is -2.19. The molecular weight excluding hydrogens is 306 g/mol. The molecule has 112 valence electrons. The number of carbonyl (C=O) groups is 1. The summed E-state index contributed by atoms with van der Waals surface area (Å²) in [7, 11) is 3.18. The van der Waals surface area contributed by atoms with E-state index in [1.807, 2.05) is 36.8 Å². The van der Waals surface area contributed by atoms with Crippen LogP contribution in [0.15, 0.2) is 46.0 Å². The number of methoxy groups -OCH3 is 2. The Morgan fingerprint density at radius 1 is 1.05 bits per heavy atom. The van der Waals surface area contributed by atoms with Crippen LogP contribution in [0.1, 0.15) is 0 Å². The van der Waals surface area contributed by atoms with Gasteiger partial charge >= 0.3 is 0 Å². The zero-order chi connectivity index (χ0) is 15.4. The molecule has 4 nitrogen and oxygen atoms in total. The van der Waals surface area contributed by atoms with Crippen LogP contribution in [0.4, 0.5) is 5.69 Å². The van der Waals surface area contributed by atoms with Gasteiger partial charge in [-0.05, 0) is 36.8 Å². The van der Waals surface area contributed by atoms with Gasteiger partial charge < -0.3 is 9.47 Å². The van der Waals surface area contributed by atoms with Crippen molar-refractivity contribution in [1.82, 2.24) is 0 Å². The van der Waals surface area contributed by atoms with Crippen LogP contribution in [0.3, 0.4) is 0 Å². The zero-order valence-electron chi connectivity index (χ0n) is 12.4. The molecule has 0 aliphatic carbocycles. The highest BCUT2D eigenvalue weighted by molar-refractivity contribution is 8.21. The van der Waals surface area contributed by atoms with Gasteiger partial charge in [0.1, 0.15) is 5.75 Å². The maximum Gasteiger partial charge on any atom is 0.267 e. The fourth-order valence-corrected chi connectivity index (χ4v) is 3.44. The van der Waals surface area contributed by atoms with Crippen LogP contribution in [-0.2, 0) is 9.53 Å². The van der Waals surface area contributed by atoms with Crippen LogP contribution < -0.4 is 9.64 Å². The molecule has 0 aromatic heterocycles. The second-order valence-electron chi connectivity index (χ2n) is 4.13. The first-order valence-electron chi connectivity index (χ1n) is 6.22. The van der Waals surface area contributed by atoms with Crippen LogP contribution in [0.5, 0.6) is 5.75 Å². The number of hydrogen-bond donors (Lipinski definition) is 0. The third-order valence-electron chi connectivity index (χ3n) is 3.05. The first-order valence-corrected chi connectivity index (χ1v) is 8.67. The minimum absolute atomic E-state index is 0.0734. The fourth-order valence-electron chi connectivity index (χ4n) is 2.05. The van der Waals surface area contributed by atoms with Gasteiger partial charge in [0.15, 0.2) is 0 Å². The summed E-state index contributed by atoms with van der Waals surface area (Å²) in [5.74, 6) is 1.20. The molecule has 0 unspecified atom stereocenters. The van der Waals surface area contributed by atoms with Crippen molar-refractivity contribution in [1.29, 1.82) is 0 Å². The van der Waals surface area contributed by atoms with Gasteiger partial charge in [-0.25, -0.2) is 4.90 Å². The monoisotopic (exact) mass is 323 g/mol. The van der Waals surface area contributed by atoms with Crippen LogP contribution in [0.25, 0.3) is 0 Å². The second-order valence-corrected chi connectivity index (χ2v) is 6.03. The lowest BCUT2D eigenvalue weighted by molar-refractivity contribution is -0.114. The van der Waals surface area contributed by atoms with Crippen molar-refractivity contribution in [3.8, 4) is 5.75 Å². The molecule has 0 atom stereocenters. The highest BCUT2D eigenvalue weighted by Crippen LogP contribution is 2.36. The van der Waals surface area contributed by atoms with E-state index >= 15 is 0 Å². The molecule has 1 aliphatic rings. The number of anilines is 1. The summed E-state index contributed by atoms with van der Waals surface area (Å²) in [4.78, 5) is 14.2. The molecule has 0 spiro atoms. The van der Waals surface area contributed by atoms with Gasteiger partial charge in [-0.15, -0.1) is 23.5 Å². The maximum atomic E-state index is 12.7. The number of ether oxygens (including phenoxy) is 2. The average molecular weight is 323 g/mol. The summed E-state index contributed by atoms with van der Waals surface area (Å²) >= 11 is 3.12. The third-order valence-corrected chi connectivity index (χ3v) is 5.23. The standard InChI is InChI=1S/C15H17NO3S2/c1-18-11-7-5-10(6-8-11)16-13(19-2)9-12(14(16)17)15(20-3)21-4/h5-9H,1-4H3. The van der Waals surface area contributed by atoms with Gasteiger partial charge in [0.2, 0.25) is 5.88 Å². The van der Waals surface area contributed by atoms with E-state index in [0.717, 1.165) is 15.7 Å². The zero-order valence-corrected chi connectivity index (χ0v) is 14.0. The molecule has 21 heavy (non-hydrogen) atoms. The van der Waals surface area contributed by atoms with Crippen molar-refractivity contribution in [3.63, 3.8) is 0 Å². The average Bonchev–Trinajstić information content (AvgIpc) is 2.86. The van der Waals surface area contributed by atoms with Crippen molar-refractivity contribution >= 4 is 35.1 Å². The summed E-state index contributed by atoms with van der Waals surface area (Å²) in [6.45, 7) is 0. The molecule has 2 rings (SSSR count). The minimum Gasteiger partial charge on any atom is -0.497 e. The number of amides is 1. The van der Waals surface area contributed by atoms with E-state index in [4.69, 9.17) is 9.47 Å². The van der Waals surface area contributed by atoms with Crippen molar-refractivity contribution in [3.05, 3.63) is 46.0 Å².